The number of nitrogens with one attached hydrogen (secondary N) is 1. The first-order valence-corrected chi connectivity index (χ1v) is 6.72. The SMILES string of the molecule is CCOc1ccc(NC2CCCCC2C#N)cc1. The Hall–Kier alpha value is -1.69. The summed E-state index contributed by atoms with van der Waals surface area (Å²) in [5, 5.41) is 12.6. The zero-order valence-electron chi connectivity index (χ0n) is 10.9. The first kappa shape index (κ1) is 12.8. The lowest BCUT2D eigenvalue weighted by Gasteiger charge is -2.28. The second-order valence-electron chi connectivity index (χ2n) is 4.73. The molecule has 1 aromatic rings. The normalized spacial score (nSPS) is 23.1. The number of ether oxygens (including phenoxy) is 1. The summed E-state index contributed by atoms with van der Waals surface area (Å²) in [6.07, 6.45) is 4.50. The van der Waals surface area contributed by atoms with Crippen LogP contribution in [0.15, 0.2) is 24.3 Å². The highest BCUT2D eigenvalue weighted by Crippen LogP contribution is 2.27. The summed E-state index contributed by atoms with van der Waals surface area (Å²) < 4.78 is 5.41. The van der Waals surface area contributed by atoms with Gasteiger partial charge in [0.05, 0.1) is 18.6 Å². The molecule has 0 aromatic heterocycles. The summed E-state index contributed by atoms with van der Waals surface area (Å²) in [5.74, 6) is 1.04. The maximum Gasteiger partial charge on any atom is 0.119 e. The van der Waals surface area contributed by atoms with Crippen LogP contribution in [0.3, 0.4) is 0 Å². The minimum Gasteiger partial charge on any atom is -0.494 e. The lowest BCUT2D eigenvalue weighted by molar-refractivity contribution is 0.340. The minimum atomic E-state index is 0.144. The van der Waals surface area contributed by atoms with Crippen molar-refractivity contribution in [2.75, 3.05) is 11.9 Å². The van der Waals surface area contributed by atoms with Crippen LogP contribution in [0, 0.1) is 17.2 Å². The molecule has 1 fully saturated rings. The van der Waals surface area contributed by atoms with Crippen molar-refractivity contribution in [1.29, 1.82) is 5.26 Å². The molecule has 96 valence electrons. The zero-order chi connectivity index (χ0) is 12.8. The molecule has 2 unspecified atom stereocenters. The number of nitriles is 1. The molecule has 18 heavy (non-hydrogen) atoms. The van der Waals surface area contributed by atoms with E-state index in [4.69, 9.17) is 10.00 Å². The first-order chi connectivity index (χ1) is 8.83. The van der Waals surface area contributed by atoms with Crippen molar-refractivity contribution in [1.82, 2.24) is 0 Å². The van der Waals surface area contributed by atoms with Crippen molar-refractivity contribution in [3.8, 4) is 11.8 Å². The topological polar surface area (TPSA) is 45.0 Å². The molecule has 3 heteroatoms. The van der Waals surface area contributed by atoms with Gasteiger partial charge in [0, 0.05) is 11.7 Å². The van der Waals surface area contributed by atoms with Crippen LogP contribution in [0.1, 0.15) is 32.6 Å². The van der Waals surface area contributed by atoms with E-state index >= 15 is 0 Å². The molecule has 0 saturated heterocycles. The molecule has 0 heterocycles. The van der Waals surface area contributed by atoms with Crippen molar-refractivity contribution < 1.29 is 4.74 Å². The van der Waals surface area contributed by atoms with Gasteiger partial charge in [-0.25, -0.2) is 0 Å². The maximum absolute atomic E-state index is 9.14. The van der Waals surface area contributed by atoms with Crippen LogP contribution in [0.25, 0.3) is 0 Å². The minimum absolute atomic E-state index is 0.144. The highest BCUT2D eigenvalue weighted by Gasteiger charge is 2.24. The molecule has 0 amide bonds. The van der Waals surface area contributed by atoms with E-state index in [1.54, 1.807) is 0 Å². The van der Waals surface area contributed by atoms with E-state index in [2.05, 4.69) is 11.4 Å². The van der Waals surface area contributed by atoms with Gasteiger partial charge in [0.15, 0.2) is 0 Å². The summed E-state index contributed by atoms with van der Waals surface area (Å²) in [4.78, 5) is 0. The van der Waals surface area contributed by atoms with E-state index in [1.165, 1.54) is 12.8 Å². The maximum atomic E-state index is 9.14. The molecule has 1 aliphatic carbocycles. The fraction of sp³-hybridized carbons (Fsp3) is 0.533. The molecule has 0 spiro atoms. The fourth-order valence-corrected chi connectivity index (χ4v) is 2.49. The third kappa shape index (κ3) is 3.16. The summed E-state index contributed by atoms with van der Waals surface area (Å²) in [6.45, 7) is 2.66. The number of benzene rings is 1. The van der Waals surface area contributed by atoms with Crippen LogP contribution in [-0.2, 0) is 0 Å². The lowest BCUT2D eigenvalue weighted by atomic mass is 9.85. The Morgan fingerprint density at radius 1 is 1.28 bits per heavy atom. The Morgan fingerprint density at radius 2 is 2.00 bits per heavy atom. The van der Waals surface area contributed by atoms with E-state index in [-0.39, 0.29) is 5.92 Å². The van der Waals surface area contributed by atoms with Crippen LogP contribution < -0.4 is 10.1 Å². The van der Waals surface area contributed by atoms with E-state index in [0.717, 1.165) is 24.3 Å². The molecule has 0 bridgehead atoms. The second-order valence-corrected chi connectivity index (χ2v) is 4.73. The molecule has 1 N–H and O–H groups in total. The predicted molar refractivity (Wildman–Crippen MR) is 72.6 cm³/mol. The summed E-state index contributed by atoms with van der Waals surface area (Å²) in [5.41, 5.74) is 1.07. The van der Waals surface area contributed by atoms with Crippen LogP contribution in [0.5, 0.6) is 5.75 Å². The number of hydrogen-bond donors (Lipinski definition) is 1. The van der Waals surface area contributed by atoms with Gasteiger partial charge in [-0.15, -0.1) is 0 Å². The fourth-order valence-electron chi connectivity index (χ4n) is 2.49. The highest BCUT2D eigenvalue weighted by atomic mass is 16.5. The lowest BCUT2D eigenvalue weighted by Crippen LogP contribution is -2.31. The third-order valence-corrected chi connectivity index (χ3v) is 3.45. The molecule has 1 saturated carbocycles. The van der Waals surface area contributed by atoms with E-state index in [0.29, 0.717) is 12.6 Å². The Labute approximate surface area is 109 Å². The predicted octanol–water partition coefficient (Wildman–Crippen LogP) is 3.58. The van der Waals surface area contributed by atoms with Gasteiger partial charge in [-0.2, -0.15) is 5.26 Å². The van der Waals surface area contributed by atoms with Gasteiger partial charge in [-0.05, 0) is 44.0 Å². The summed E-state index contributed by atoms with van der Waals surface area (Å²) in [6, 6.07) is 10.7. The van der Waals surface area contributed by atoms with Crippen molar-refractivity contribution >= 4 is 5.69 Å². The highest BCUT2D eigenvalue weighted by molar-refractivity contribution is 5.47. The Morgan fingerprint density at radius 3 is 2.67 bits per heavy atom. The van der Waals surface area contributed by atoms with Crippen LogP contribution in [0.4, 0.5) is 5.69 Å². The summed E-state index contributed by atoms with van der Waals surface area (Å²) >= 11 is 0. The Bertz CT molecular complexity index is 407. The van der Waals surface area contributed by atoms with Crippen LogP contribution in [0.2, 0.25) is 0 Å². The molecule has 0 aliphatic heterocycles. The second kappa shape index (κ2) is 6.30. The van der Waals surface area contributed by atoms with Crippen LogP contribution in [-0.4, -0.2) is 12.6 Å². The van der Waals surface area contributed by atoms with E-state index < -0.39 is 0 Å². The van der Waals surface area contributed by atoms with Gasteiger partial charge in [-0.3, -0.25) is 0 Å². The Kier molecular flexibility index (Phi) is 4.46. The van der Waals surface area contributed by atoms with Crippen molar-refractivity contribution in [3.63, 3.8) is 0 Å². The molecule has 2 atom stereocenters. The van der Waals surface area contributed by atoms with E-state index in [1.807, 2.05) is 31.2 Å². The first-order valence-electron chi connectivity index (χ1n) is 6.72. The van der Waals surface area contributed by atoms with Crippen molar-refractivity contribution in [3.05, 3.63) is 24.3 Å². The molecular formula is C15H20N2O. The smallest absolute Gasteiger partial charge is 0.119 e. The quantitative estimate of drug-likeness (QED) is 0.880. The monoisotopic (exact) mass is 244 g/mol. The number of hydrogen-bond acceptors (Lipinski definition) is 3. The number of rotatable bonds is 4. The standard InChI is InChI=1S/C15H20N2O/c1-2-18-14-9-7-13(8-10-14)17-15-6-4-3-5-12(15)11-16/h7-10,12,15,17H,2-6H2,1H3. The third-order valence-electron chi connectivity index (χ3n) is 3.45. The number of nitrogens with zero attached hydrogens (tertiary/aromatic N) is 1. The average Bonchev–Trinajstić information content (AvgIpc) is 2.42. The average molecular weight is 244 g/mol. The van der Waals surface area contributed by atoms with Gasteiger partial charge >= 0.3 is 0 Å². The van der Waals surface area contributed by atoms with Gasteiger partial charge in [0.1, 0.15) is 5.75 Å². The molecule has 2 rings (SSSR count). The van der Waals surface area contributed by atoms with E-state index in [9.17, 15) is 0 Å². The van der Waals surface area contributed by atoms with Crippen molar-refractivity contribution in [2.45, 2.75) is 38.6 Å². The molecule has 3 nitrogen and oxygen atoms in total. The summed E-state index contributed by atoms with van der Waals surface area (Å²) in [7, 11) is 0. The van der Waals surface area contributed by atoms with Crippen molar-refractivity contribution in [2.24, 2.45) is 5.92 Å². The van der Waals surface area contributed by atoms with Gasteiger partial charge in [0.2, 0.25) is 0 Å². The molecule has 1 aliphatic rings. The molecule has 0 radical (unpaired) electrons. The molecule has 1 aromatic carbocycles. The number of anilines is 1. The Balaban J connectivity index is 1.97. The van der Waals surface area contributed by atoms with Gasteiger partial charge in [0.25, 0.3) is 0 Å². The van der Waals surface area contributed by atoms with Gasteiger partial charge < -0.3 is 10.1 Å². The van der Waals surface area contributed by atoms with Gasteiger partial charge in [-0.1, -0.05) is 12.8 Å². The zero-order valence-corrected chi connectivity index (χ0v) is 10.9. The van der Waals surface area contributed by atoms with Crippen LogP contribution >= 0.6 is 0 Å². The molecular weight excluding hydrogens is 224 g/mol. The largest absolute Gasteiger partial charge is 0.494 e.